The Morgan fingerprint density at radius 1 is 1.06 bits per heavy atom. The number of nitrogens with zero attached hydrogens (tertiary/aromatic N) is 1. The van der Waals surface area contributed by atoms with E-state index in [0.717, 1.165) is 45.2 Å². The number of aliphatic hydroxyl groups is 5. The first kappa shape index (κ1) is 38.5. The second-order valence-electron chi connectivity index (χ2n) is 17.6. The Bertz CT molecular complexity index is 1580. The molecule has 5 N–H and O–H groups in total. The zero-order chi connectivity index (χ0) is 38.3. The van der Waals surface area contributed by atoms with Gasteiger partial charge in [0.1, 0.15) is 31.0 Å². The van der Waals surface area contributed by atoms with E-state index in [9.17, 15) is 35.1 Å². The third-order valence-corrected chi connectivity index (χ3v) is 14.8. The van der Waals surface area contributed by atoms with Gasteiger partial charge in [-0.3, -0.25) is 4.79 Å². The van der Waals surface area contributed by atoms with Gasteiger partial charge in [0.25, 0.3) is 0 Å². The summed E-state index contributed by atoms with van der Waals surface area (Å²) in [7, 11) is 3.43. The van der Waals surface area contributed by atoms with Crippen molar-refractivity contribution in [3.8, 4) is 0 Å². The van der Waals surface area contributed by atoms with Crippen molar-refractivity contribution in [1.29, 1.82) is 0 Å². The summed E-state index contributed by atoms with van der Waals surface area (Å²) in [5, 5.41) is 54.3. The Kier molecular flexibility index (Phi) is 10.1. The highest BCUT2D eigenvalue weighted by Gasteiger charge is 2.70. The lowest BCUT2D eigenvalue weighted by Gasteiger charge is -2.62. The first-order chi connectivity index (χ1) is 25.8. The number of methoxy groups -OCH3 is 1. The van der Waals surface area contributed by atoms with Crippen molar-refractivity contribution in [3.63, 3.8) is 0 Å². The fraction of sp³-hybridized carbons (Fsp3) is 0.800. The summed E-state index contributed by atoms with van der Waals surface area (Å²) >= 11 is 0. The van der Waals surface area contributed by atoms with Gasteiger partial charge in [0.05, 0.1) is 44.0 Å². The van der Waals surface area contributed by atoms with Crippen LogP contribution < -0.4 is 0 Å². The lowest BCUT2D eigenvalue weighted by Crippen LogP contribution is -2.64. The number of hydrogen-bond acceptors (Lipinski definition) is 14. The summed E-state index contributed by atoms with van der Waals surface area (Å²) in [5.74, 6) is -3.18. The minimum Gasteiger partial charge on any atom is -0.471 e. The van der Waals surface area contributed by atoms with Gasteiger partial charge < -0.3 is 58.9 Å². The number of esters is 2. The third kappa shape index (κ3) is 5.84. The van der Waals surface area contributed by atoms with Crippen LogP contribution >= 0.6 is 0 Å². The molecule has 0 unspecified atom stereocenters. The molecule has 8 rings (SSSR count). The number of carbonyl (C=O) groups is 2. The number of aliphatic hydroxyl groups excluding tert-OH is 4. The lowest BCUT2D eigenvalue weighted by atomic mass is 9.50. The van der Waals surface area contributed by atoms with E-state index in [0.29, 0.717) is 37.4 Å². The van der Waals surface area contributed by atoms with E-state index in [1.807, 2.05) is 13.8 Å². The van der Waals surface area contributed by atoms with Crippen LogP contribution in [0.15, 0.2) is 34.6 Å². The molecule has 4 aliphatic heterocycles. The van der Waals surface area contributed by atoms with Crippen LogP contribution in [0, 0.1) is 46.3 Å². The van der Waals surface area contributed by atoms with E-state index in [1.165, 1.54) is 24.5 Å². The molecule has 0 radical (unpaired) electrons. The summed E-state index contributed by atoms with van der Waals surface area (Å²) in [5.41, 5.74) is 3.26. The summed E-state index contributed by atoms with van der Waals surface area (Å²) in [4.78, 5) is 29.1. The molecule has 4 heterocycles. The van der Waals surface area contributed by atoms with Crippen molar-refractivity contribution < 1.29 is 63.5 Å². The molecular weight excluding hydrogens is 702 g/mol. The molecule has 300 valence electrons. The smallest absolute Gasteiger partial charge is 0.337 e. The molecule has 54 heavy (non-hydrogen) atoms. The average Bonchev–Trinajstić information content (AvgIpc) is 3.86. The maximum Gasteiger partial charge on any atom is 0.337 e. The molecule has 0 aromatic heterocycles. The van der Waals surface area contributed by atoms with Crippen molar-refractivity contribution in [2.24, 2.45) is 46.3 Å². The summed E-state index contributed by atoms with van der Waals surface area (Å²) in [6.07, 6.45) is 0.630. The summed E-state index contributed by atoms with van der Waals surface area (Å²) < 4.78 is 35.2. The molecule has 0 aromatic rings. The SMILES string of the molecule is COC(=O)C1=CO[C@H](O[C@@H]2O[C@H](COC(=O)[C@@H]3C[C@]45CN(C)C[C@H](CCC6=C4[C@H]3CC6)[C@@]53CC[C@](O)(C(C)C)OC3)[C@@H](O)[C@H](O)[C@H]2O)[C@H]2C(CO)=CC[C@@H]12. The molecular formula is C40H57NO13. The number of allylic oxidation sites excluding steroid dienone is 2. The first-order valence-electron chi connectivity index (χ1n) is 19.8. The molecule has 0 amide bonds. The maximum absolute atomic E-state index is 14.3. The fourth-order valence-corrected chi connectivity index (χ4v) is 12.0. The predicted molar refractivity (Wildman–Crippen MR) is 188 cm³/mol. The van der Waals surface area contributed by atoms with Gasteiger partial charge in [-0.1, -0.05) is 31.1 Å². The van der Waals surface area contributed by atoms with Crippen LogP contribution in [-0.4, -0.2) is 132 Å². The van der Waals surface area contributed by atoms with E-state index in [4.69, 9.17) is 28.4 Å². The number of carbonyl (C=O) groups excluding carboxylic acids is 2. The zero-order valence-electron chi connectivity index (χ0n) is 31.7. The Morgan fingerprint density at radius 2 is 1.83 bits per heavy atom. The van der Waals surface area contributed by atoms with Crippen LogP contribution in [0.3, 0.4) is 0 Å². The van der Waals surface area contributed by atoms with Crippen molar-refractivity contribution >= 4 is 11.9 Å². The van der Waals surface area contributed by atoms with Gasteiger partial charge in [0, 0.05) is 42.2 Å². The van der Waals surface area contributed by atoms with Gasteiger partial charge in [-0.05, 0) is 69.4 Å². The van der Waals surface area contributed by atoms with Gasteiger partial charge in [0.2, 0.25) is 6.29 Å². The first-order valence-corrected chi connectivity index (χ1v) is 19.8. The second kappa shape index (κ2) is 14.2. The quantitative estimate of drug-likeness (QED) is 0.177. The number of piperidine rings is 1. The number of fused-ring (bicyclic) bond motifs is 1. The van der Waals surface area contributed by atoms with Gasteiger partial charge in [-0.2, -0.15) is 0 Å². The van der Waals surface area contributed by atoms with Crippen molar-refractivity contribution in [2.75, 3.05) is 47.1 Å². The van der Waals surface area contributed by atoms with Crippen LogP contribution in [0.25, 0.3) is 0 Å². The third-order valence-electron chi connectivity index (χ3n) is 14.8. The minimum atomic E-state index is -1.69. The average molecular weight is 760 g/mol. The molecule has 2 spiro atoms. The zero-order valence-corrected chi connectivity index (χ0v) is 31.7. The molecule has 2 bridgehead atoms. The minimum absolute atomic E-state index is 0.0285. The van der Waals surface area contributed by atoms with Crippen LogP contribution in [-0.2, 0) is 38.0 Å². The lowest BCUT2D eigenvalue weighted by molar-refractivity contribution is -0.340. The number of likely N-dealkylation sites (tertiary alicyclic amines) is 1. The number of rotatable bonds is 8. The molecule has 14 heteroatoms. The Balaban J connectivity index is 0.992. The van der Waals surface area contributed by atoms with Crippen molar-refractivity contribution in [1.82, 2.24) is 4.90 Å². The van der Waals surface area contributed by atoms with Crippen LogP contribution in [0.5, 0.6) is 0 Å². The van der Waals surface area contributed by atoms with Gasteiger partial charge in [0.15, 0.2) is 12.1 Å². The highest BCUT2D eigenvalue weighted by Crippen LogP contribution is 2.72. The van der Waals surface area contributed by atoms with Gasteiger partial charge in [-0.25, -0.2) is 4.79 Å². The maximum atomic E-state index is 14.3. The molecule has 1 saturated carbocycles. The summed E-state index contributed by atoms with van der Waals surface area (Å²) in [6, 6.07) is 0. The fourth-order valence-electron chi connectivity index (χ4n) is 12.0. The van der Waals surface area contributed by atoms with Crippen molar-refractivity contribution in [3.05, 3.63) is 34.6 Å². The topological polar surface area (TPSA) is 194 Å². The standard InChI is InChI=1S/C40H57NO13/c1-20(2)40(48)12-11-38(19-52-40)23-8-5-21-6-10-25-26(13-39(38,30(21)25)18-41(3)14-23)35(47)50-17-28-31(43)32(44)33(45)37(53-28)54-36-29-22(15-42)7-9-24(29)27(16-51-36)34(46)49-4/h7,16,20,23-26,28-29,31-33,36-37,42-45,48H,5-6,8-15,17-19H2,1-4H3/t23-,24-,25-,26+,28+,29-,31+,32-,33+,36+,37-,38-,39-,40+/m0/s1. The number of hydrogen-bond donors (Lipinski definition) is 5. The molecule has 0 aromatic carbocycles. The summed E-state index contributed by atoms with van der Waals surface area (Å²) in [6.45, 7) is 5.52. The highest BCUT2D eigenvalue weighted by molar-refractivity contribution is 5.89. The van der Waals surface area contributed by atoms with Gasteiger partial charge >= 0.3 is 11.9 Å². The Morgan fingerprint density at radius 3 is 2.54 bits per heavy atom. The molecule has 3 saturated heterocycles. The number of ether oxygens (including phenoxy) is 6. The van der Waals surface area contributed by atoms with E-state index in [2.05, 4.69) is 11.9 Å². The van der Waals surface area contributed by atoms with Crippen molar-refractivity contribution in [2.45, 2.75) is 108 Å². The van der Waals surface area contributed by atoms with E-state index < -0.39 is 66.5 Å². The molecule has 8 aliphatic rings. The monoisotopic (exact) mass is 759 g/mol. The Labute approximate surface area is 316 Å². The van der Waals surface area contributed by atoms with Gasteiger partial charge in [-0.15, -0.1) is 0 Å². The van der Waals surface area contributed by atoms with Crippen LogP contribution in [0.1, 0.15) is 65.2 Å². The van der Waals surface area contributed by atoms with Crippen LogP contribution in [0.4, 0.5) is 0 Å². The van der Waals surface area contributed by atoms with E-state index in [-0.39, 0.29) is 47.4 Å². The normalized spacial score (nSPS) is 45.7. The molecule has 14 nitrogen and oxygen atoms in total. The predicted octanol–water partition coefficient (Wildman–Crippen LogP) is 1.53. The van der Waals surface area contributed by atoms with Crippen LogP contribution in [0.2, 0.25) is 0 Å². The molecule has 4 aliphatic carbocycles. The van der Waals surface area contributed by atoms with E-state index in [1.54, 1.807) is 6.08 Å². The molecule has 4 fully saturated rings. The largest absolute Gasteiger partial charge is 0.471 e. The second-order valence-corrected chi connectivity index (χ2v) is 17.6. The van der Waals surface area contributed by atoms with E-state index >= 15 is 0 Å². The highest BCUT2D eigenvalue weighted by atomic mass is 16.8. The molecule has 14 atom stereocenters. The Hall–Kier alpha value is -2.40.